The molecule has 0 aliphatic heterocycles. The molecule has 0 aromatic heterocycles. The molecule has 0 bridgehead atoms. The van der Waals surface area contributed by atoms with Crippen molar-refractivity contribution in [1.82, 2.24) is 5.32 Å². The molecule has 96 valence electrons. The summed E-state index contributed by atoms with van der Waals surface area (Å²) in [7, 11) is 0. The Morgan fingerprint density at radius 2 is 1.59 bits per heavy atom. The van der Waals surface area contributed by atoms with Crippen LogP contribution in [-0.2, 0) is 6.54 Å². The lowest BCUT2D eigenvalue weighted by atomic mass is 10.2. The lowest BCUT2D eigenvalue weighted by Crippen LogP contribution is -2.21. The highest BCUT2D eigenvalue weighted by molar-refractivity contribution is 8.00. The third-order valence-corrected chi connectivity index (χ3v) is 4.36. The predicted molar refractivity (Wildman–Crippen MR) is 78.6 cm³/mol. The summed E-state index contributed by atoms with van der Waals surface area (Å²) in [5.41, 5.74) is 1.36. The molecule has 1 rings (SSSR count). The molecule has 1 nitrogen and oxygen atoms in total. The third kappa shape index (κ3) is 5.60. The molecule has 0 saturated heterocycles. The Hall–Kier alpha value is -0.470. The van der Waals surface area contributed by atoms with Crippen molar-refractivity contribution in [2.75, 3.05) is 0 Å². The zero-order valence-corrected chi connectivity index (χ0v) is 12.5. The van der Waals surface area contributed by atoms with E-state index in [1.165, 1.54) is 10.5 Å². The molecule has 1 N–H and O–H groups in total. The van der Waals surface area contributed by atoms with E-state index in [1.54, 1.807) is 0 Å². The molecule has 0 aliphatic carbocycles. The summed E-state index contributed by atoms with van der Waals surface area (Å²) < 4.78 is 0. The van der Waals surface area contributed by atoms with Crippen LogP contribution in [0.2, 0.25) is 0 Å². The Morgan fingerprint density at radius 3 is 2.06 bits per heavy atom. The van der Waals surface area contributed by atoms with Crippen molar-refractivity contribution in [1.29, 1.82) is 0 Å². The molecular formula is C15H25NS. The Morgan fingerprint density at radius 1 is 1.00 bits per heavy atom. The van der Waals surface area contributed by atoms with E-state index in [1.807, 2.05) is 11.8 Å². The fraction of sp³-hybridized carbons (Fsp3) is 0.600. The van der Waals surface area contributed by atoms with Gasteiger partial charge in [-0.3, -0.25) is 0 Å². The van der Waals surface area contributed by atoms with E-state index in [0.717, 1.165) is 12.5 Å². The van der Waals surface area contributed by atoms with Crippen LogP contribution in [0.3, 0.4) is 0 Å². The highest BCUT2D eigenvalue weighted by atomic mass is 32.2. The molecule has 0 saturated carbocycles. The second kappa shape index (κ2) is 7.07. The van der Waals surface area contributed by atoms with Crippen LogP contribution in [0.25, 0.3) is 0 Å². The van der Waals surface area contributed by atoms with Gasteiger partial charge in [0.05, 0.1) is 0 Å². The van der Waals surface area contributed by atoms with Gasteiger partial charge in [-0.25, -0.2) is 0 Å². The van der Waals surface area contributed by atoms with Crippen LogP contribution in [0.4, 0.5) is 0 Å². The predicted octanol–water partition coefficient (Wildman–Crippen LogP) is 4.32. The van der Waals surface area contributed by atoms with E-state index >= 15 is 0 Å². The minimum atomic E-state index is 0.546. The number of nitrogens with one attached hydrogen (secondary N) is 1. The lowest BCUT2D eigenvalue weighted by molar-refractivity contribution is 0.588. The highest BCUT2D eigenvalue weighted by Gasteiger charge is 2.08. The number of benzene rings is 1. The molecule has 2 heteroatoms. The molecule has 0 amide bonds. The molecular weight excluding hydrogens is 226 g/mol. The average molecular weight is 251 g/mol. The molecule has 0 radical (unpaired) electrons. The van der Waals surface area contributed by atoms with E-state index in [0.29, 0.717) is 11.3 Å². The maximum absolute atomic E-state index is 3.43. The smallest absolute Gasteiger partial charge is 0.0207 e. The van der Waals surface area contributed by atoms with Gasteiger partial charge in [0.15, 0.2) is 0 Å². The largest absolute Gasteiger partial charge is 0.310 e. The number of rotatable bonds is 6. The minimum Gasteiger partial charge on any atom is -0.310 e. The summed E-state index contributed by atoms with van der Waals surface area (Å²) in [5, 5.41) is 4.11. The zero-order chi connectivity index (χ0) is 12.8. The average Bonchev–Trinajstić information content (AvgIpc) is 2.28. The summed E-state index contributed by atoms with van der Waals surface area (Å²) in [5.74, 6) is 0.724. The summed E-state index contributed by atoms with van der Waals surface area (Å²) in [6.45, 7) is 12.2. The van der Waals surface area contributed by atoms with E-state index in [2.05, 4.69) is 64.2 Å². The van der Waals surface area contributed by atoms with Crippen LogP contribution < -0.4 is 5.32 Å². The summed E-state index contributed by atoms with van der Waals surface area (Å²) in [6.07, 6.45) is 0. The van der Waals surface area contributed by atoms with E-state index < -0.39 is 0 Å². The number of thioether (sulfide) groups is 1. The molecule has 1 aromatic rings. The van der Waals surface area contributed by atoms with Crippen LogP contribution in [0.5, 0.6) is 0 Å². The monoisotopic (exact) mass is 251 g/mol. The van der Waals surface area contributed by atoms with Gasteiger partial charge in [-0.1, -0.05) is 46.8 Å². The van der Waals surface area contributed by atoms with Gasteiger partial charge in [0.2, 0.25) is 0 Å². The standard InChI is InChI=1S/C15H25NS/c1-11(2)13(5)17-15-8-6-14(7-9-15)10-16-12(3)4/h6-9,11-13,16H,10H2,1-5H3. The highest BCUT2D eigenvalue weighted by Crippen LogP contribution is 2.27. The first-order chi connectivity index (χ1) is 7.99. The Bertz CT molecular complexity index is 316. The van der Waals surface area contributed by atoms with Gasteiger partial charge in [0, 0.05) is 22.7 Å². The molecule has 0 fully saturated rings. The number of hydrogen-bond donors (Lipinski definition) is 1. The topological polar surface area (TPSA) is 12.0 Å². The van der Waals surface area contributed by atoms with Crippen molar-refractivity contribution in [3.63, 3.8) is 0 Å². The van der Waals surface area contributed by atoms with Crippen molar-refractivity contribution in [2.24, 2.45) is 5.92 Å². The second-order valence-corrected chi connectivity index (χ2v) is 6.70. The molecule has 0 heterocycles. The SMILES string of the molecule is CC(C)NCc1ccc(SC(C)C(C)C)cc1. The van der Waals surface area contributed by atoms with E-state index in [-0.39, 0.29) is 0 Å². The first kappa shape index (κ1) is 14.6. The van der Waals surface area contributed by atoms with E-state index in [9.17, 15) is 0 Å². The van der Waals surface area contributed by atoms with Gasteiger partial charge >= 0.3 is 0 Å². The molecule has 0 aliphatic rings. The maximum Gasteiger partial charge on any atom is 0.0207 e. The lowest BCUT2D eigenvalue weighted by Gasteiger charge is -2.15. The second-order valence-electron chi connectivity index (χ2n) is 5.25. The molecule has 1 atom stereocenters. The Kier molecular flexibility index (Phi) is 6.07. The van der Waals surface area contributed by atoms with Crippen molar-refractivity contribution in [2.45, 2.75) is 57.4 Å². The maximum atomic E-state index is 3.43. The van der Waals surface area contributed by atoms with Crippen LogP contribution in [0.1, 0.15) is 40.2 Å². The fourth-order valence-corrected chi connectivity index (χ4v) is 2.35. The molecule has 17 heavy (non-hydrogen) atoms. The van der Waals surface area contributed by atoms with Crippen LogP contribution in [0.15, 0.2) is 29.2 Å². The quantitative estimate of drug-likeness (QED) is 0.756. The minimum absolute atomic E-state index is 0.546. The summed E-state index contributed by atoms with van der Waals surface area (Å²) in [4.78, 5) is 1.37. The molecule has 1 unspecified atom stereocenters. The van der Waals surface area contributed by atoms with Crippen LogP contribution >= 0.6 is 11.8 Å². The Balaban J connectivity index is 2.50. The van der Waals surface area contributed by atoms with Crippen molar-refractivity contribution >= 4 is 11.8 Å². The van der Waals surface area contributed by atoms with Gasteiger partial charge < -0.3 is 5.32 Å². The van der Waals surface area contributed by atoms with Gasteiger partial charge in [-0.2, -0.15) is 0 Å². The molecule has 1 aromatic carbocycles. The van der Waals surface area contributed by atoms with Crippen LogP contribution in [-0.4, -0.2) is 11.3 Å². The Labute approximate surface area is 110 Å². The zero-order valence-electron chi connectivity index (χ0n) is 11.7. The fourth-order valence-electron chi connectivity index (χ4n) is 1.36. The summed E-state index contributed by atoms with van der Waals surface area (Å²) in [6, 6.07) is 9.47. The van der Waals surface area contributed by atoms with Crippen molar-refractivity contribution < 1.29 is 0 Å². The van der Waals surface area contributed by atoms with Gasteiger partial charge in [0.1, 0.15) is 0 Å². The normalized spacial score (nSPS) is 13.4. The van der Waals surface area contributed by atoms with Gasteiger partial charge in [-0.05, 0) is 23.6 Å². The van der Waals surface area contributed by atoms with Crippen molar-refractivity contribution in [3.05, 3.63) is 29.8 Å². The first-order valence-electron chi connectivity index (χ1n) is 6.48. The van der Waals surface area contributed by atoms with Gasteiger partial charge in [0.25, 0.3) is 0 Å². The van der Waals surface area contributed by atoms with E-state index in [4.69, 9.17) is 0 Å². The number of hydrogen-bond acceptors (Lipinski definition) is 2. The summed E-state index contributed by atoms with van der Waals surface area (Å²) >= 11 is 1.96. The molecule has 0 spiro atoms. The first-order valence-corrected chi connectivity index (χ1v) is 7.36. The van der Waals surface area contributed by atoms with Gasteiger partial charge in [-0.15, -0.1) is 11.8 Å². The van der Waals surface area contributed by atoms with Crippen LogP contribution in [0, 0.1) is 5.92 Å². The van der Waals surface area contributed by atoms with Crippen molar-refractivity contribution in [3.8, 4) is 0 Å². The third-order valence-electron chi connectivity index (χ3n) is 2.90.